The molecule has 0 spiro atoms. The molecule has 0 amide bonds. The lowest BCUT2D eigenvalue weighted by Crippen LogP contribution is -2.28. The number of amidine groups is 1. The number of hydrogen-bond acceptors (Lipinski definition) is 4. The summed E-state index contributed by atoms with van der Waals surface area (Å²) in [6.45, 7) is 2.73. The smallest absolute Gasteiger partial charge is 0.170 e. The van der Waals surface area contributed by atoms with Crippen molar-refractivity contribution in [1.29, 1.82) is 0 Å². The zero-order valence-corrected chi connectivity index (χ0v) is 11.2. The molecule has 1 aromatic carbocycles. The number of nitrogens with two attached hydrogens (primary N) is 1. The molecule has 19 heavy (non-hydrogen) atoms. The summed E-state index contributed by atoms with van der Waals surface area (Å²) >= 11 is 0. The molecule has 0 aliphatic carbocycles. The standard InChI is InChI=1S/C14H21N3O2/c1-17(10-13-3-2-8-19-13)9-11-4-6-12(7-5-11)14(15)16-18/h4-7,13,18H,2-3,8-10H2,1H3,(H2,15,16). The second-order valence-electron chi connectivity index (χ2n) is 5.01. The number of hydrogen-bond donors (Lipinski definition) is 2. The van der Waals surface area contributed by atoms with Crippen molar-refractivity contribution >= 4 is 5.84 Å². The summed E-state index contributed by atoms with van der Waals surface area (Å²) in [4.78, 5) is 2.26. The molecule has 5 heteroatoms. The number of oxime groups is 1. The van der Waals surface area contributed by atoms with E-state index in [0.717, 1.165) is 31.7 Å². The molecule has 1 aliphatic rings. The van der Waals surface area contributed by atoms with E-state index >= 15 is 0 Å². The van der Waals surface area contributed by atoms with Crippen LogP contribution in [0.5, 0.6) is 0 Å². The van der Waals surface area contributed by atoms with E-state index < -0.39 is 0 Å². The Hall–Kier alpha value is -1.59. The van der Waals surface area contributed by atoms with Gasteiger partial charge in [0.2, 0.25) is 0 Å². The molecule has 1 unspecified atom stereocenters. The summed E-state index contributed by atoms with van der Waals surface area (Å²) in [6, 6.07) is 7.73. The van der Waals surface area contributed by atoms with Gasteiger partial charge in [-0.3, -0.25) is 4.90 Å². The van der Waals surface area contributed by atoms with Crippen molar-refractivity contribution < 1.29 is 9.94 Å². The third-order valence-corrected chi connectivity index (χ3v) is 3.35. The Morgan fingerprint density at radius 3 is 2.79 bits per heavy atom. The van der Waals surface area contributed by atoms with Gasteiger partial charge in [0.15, 0.2) is 5.84 Å². The Morgan fingerprint density at radius 1 is 1.47 bits per heavy atom. The molecule has 1 saturated heterocycles. The third kappa shape index (κ3) is 3.94. The van der Waals surface area contributed by atoms with Crippen LogP contribution >= 0.6 is 0 Å². The predicted octanol–water partition coefficient (Wildman–Crippen LogP) is 1.39. The maximum atomic E-state index is 8.60. The molecule has 104 valence electrons. The van der Waals surface area contributed by atoms with Gasteiger partial charge < -0.3 is 15.7 Å². The fraction of sp³-hybridized carbons (Fsp3) is 0.500. The van der Waals surface area contributed by atoms with Crippen LogP contribution in [0.15, 0.2) is 29.4 Å². The van der Waals surface area contributed by atoms with Crippen molar-refractivity contribution in [3.8, 4) is 0 Å². The maximum absolute atomic E-state index is 8.60. The van der Waals surface area contributed by atoms with Crippen LogP contribution in [0.2, 0.25) is 0 Å². The SMILES string of the molecule is CN(Cc1ccc(C(N)=NO)cc1)CC1CCCO1. The average Bonchev–Trinajstić information content (AvgIpc) is 2.91. The van der Waals surface area contributed by atoms with E-state index in [4.69, 9.17) is 15.7 Å². The lowest BCUT2D eigenvalue weighted by Gasteiger charge is -2.20. The quantitative estimate of drug-likeness (QED) is 0.364. The van der Waals surface area contributed by atoms with Crippen LogP contribution in [0.4, 0.5) is 0 Å². The Bertz CT molecular complexity index is 425. The van der Waals surface area contributed by atoms with E-state index in [2.05, 4.69) is 17.1 Å². The number of ether oxygens (including phenoxy) is 1. The summed E-state index contributed by atoms with van der Waals surface area (Å²) in [5.41, 5.74) is 7.46. The summed E-state index contributed by atoms with van der Waals surface area (Å²) in [6.07, 6.45) is 2.71. The zero-order chi connectivity index (χ0) is 13.7. The first kappa shape index (κ1) is 13.8. The van der Waals surface area contributed by atoms with E-state index in [1.165, 1.54) is 12.0 Å². The molecule has 5 nitrogen and oxygen atoms in total. The first-order valence-corrected chi connectivity index (χ1v) is 6.56. The van der Waals surface area contributed by atoms with E-state index in [1.807, 2.05) is 24.3 Å². The number of likely N-dealkylation sites (N-methyl/N-ethyl adjacent to an activating group) is 1. The van der Waals surface area contributed by atoms with E-state index in [0.29, 0.717) is 6.10 Å². The minimum absolute atomic E-state index is 0.138. The predicted molar refractivity (Wildman–Crippen MR) is 74.3 cm³/mol. The topological polar surface area (TPSA) is 71.1 Å². The normalized spacial score (nSPS) is 20.1. The summed E-state index contributed by atoms with van der Waals surface area (Å²) < 4.78 is 5.62. The Labute approximate surface area is 113 Å². The van der Waals surface area contributed by atoms with Gasteiger partial charge in [-0.2, -0.15) is 0 Å². The fourth-order valence-electron chi connectivity index (χ4n) is 2.35. The van der Waals surface area contributed by atoms with Crippen molar-refractivity contribution in [3.63, 3.8) is 0 Å². The molecule has 1 fully saturated rings. The molecule has 0 aromatic heterocycles. The van der Waals surface area contributed by atoms with Crippen molar-refractivity contribution in [3.05, 3.63) is 35.4 Å². The second-order valence-corrected chi connectivity index (χ2v) is 5.01. The summed E-state index contributed by atoms with van der Waals surface area (Å²) in [5.74, 6) is 0.138. The Balaban J connectivity index is 1.88. The average molecular weight is 263 g/mol. The first-order valence-electron chi connectivity index (χ1n) is 6.56. The van der Waals surface area contributed by atoms with Crippen LogP contribution in [0.1, 0.15) is 24.0 Å². The molecular formula is C14H21N3O2. The highest BCUT2D eigenvalue weighted by Gasteiger charge is 2.17. The van der Waals surface area contributed by atoms with Crippen molar-refractivity contribution in [2.45, 2.75) is 25.5 Å². The number of nitrogens with zero attached hydrogens (tertiary/aromatic N) is 2. The van der Waals surface area contributed by atoms with Gasteiger partial charge in [0.05, 0.1) is 6.10 Å². The first-order chi connectivity index (χ1) is 9.19. The summed E-state index contributed by atoms with van der Waals surface area (Å²) in [7, 11) is 2.10. The Morgan fingerprint density at radius 2 is 2.21 bits per heavy atom. The van der Waals surface area contributed by atoms with Gasteiger partial charge in [0, 0.05) is 25.3 Å². The highest BCUT2D eigenvalue weighted by atomic mass is 16.5. The Kier molecular flexibility index (Phi) is 4.76. The lowest BCUT2D eigenvalue weighted by molar-refractivity contribution is 0.0793. The van der Waals surface area contributed by atoms with Crippen LogP contribution in [0, 0.1) is 0 Å². The zero-order valence-electron chi connectivity index (χ0n) is 11.2. The maximum Gasteiger partial charge on any atom is 0.170 e. The van der Waals surface area contributed by atoms with Gasteiger partial charge in [-0.15, -0.1) is 0 Å². The minimum Gasteiger partial charge on any atom is -0.409 e. The third-order valence-electron chi connectivity index (χ3n) is 3.35. The van der Waals surface area contributed by atoms with Crippen LogP contribution in [0.25, 0.3) is 0 Å². The van der Waals surface area contributed by atoms with Crippen LogP contribution in [0.3, 0.4) is 0 Å². The van der Waals surface area contributed by atoms with Crippen LogP contribution in [-0.4, -0.2) is 42.2 Å². The fourth-order valence-corrected chi connectivity index (χ4v) is 2.35. The number of rotatable bonds is 5. The molecule has 1 aromatic rings. The van der Waals surface area contributed by atoms with Crippen molar-refractivity contribution in [2.75, 3.05) is 20.2 Å². The van der Waals surface area contributed by atoms with Gasteiger partial charge in [-0.05, 0) is 25.5 Å². The van der Waals surface area contributed by atoms with E-state index in [9.17, 15) is 0 Å². The molecule has 0 saturated carbocycles. The van der Waals surface area contributed by atoms with E-state index in [1.54, 1.807) is 0 Å². The van der Waals surface area contributed by atoms with Crippen LogP contribution < -0.4 is 5.73 Å². The molecular weight excluding hydrogens is 242 g/mol. The molecule has 1 atom stereocenters. The summed E-state index contributed by atoms with van der Waals surface area (Å²) in [5, 5.41) is 11.6. The molecule has 1 heterocycles. The van der Waals surface area contributed by atoms with Gasteiger partial charge in [-0.1, -0.05) is 29.4 Å². The van der Waals surface area contributed by atoms with Crippen molar-refractivity contribution in [2.24, 2.45) is 10.9 Å². The van der Waals surface area contributed by atoms with Gasteiger partial charge in [0.1, 0.15) is 0 Å². The minimum atomic E-state index is 0.138. The van der Waals surface area contributed by atoms with Gasteiger partial charge >= 0.3 is 0 Å². The van der Waals surface area contributed by atoms with Gasteiger partial charge in [-0.25, -0.2) is 0 Å². The molecule has 0 radical (unpaired) electrons. The van der Waals surface area contributed by atoms with E-state index in [-0.39, 0.29) is 5.84 Å². The van der Waals surface area contributed by atoms with Crippen LogP contribution in [-0.2, 0) is 11.3 Å². The highest BCUT2D eigenvalue weighted by molar-refractivity contribution is 5.96. The molecule has 1 aliphatic heterocycles. The number of benzene rings is 1. The molecule has 2 rings (SSSR count). The largest absolute Gasteiger partial charge is 0.409 e. The second kappa shape index (κ2) is 6.54. The monoisotopic (exact) mass is 263 g/mol. The molecule has 0 bridgehead atoms. The lowest BCUT2D eigenvalue weighted by atomic mass is 10.1. The molecule has 3 N–H and O–H groups in total. The van der Waals surface area contributed by atoms with Crippen molar-refractivity contribution in [1.82, 2.24) is 4.90 Å². The van der Waals surface area contributed by atoms with Gasteiger partial charge in [0.25, 0.3) is 0 Å². The highest BCUT2D eigenvalue weighted by Crippen LogP contribution is 2.14.